The molecule has 0 aliphatic heterocycles. The SMILES string of the molecule is CSCCN(CC(=O)O)C(=O)c1ncoc1CNC(=O)OCC1c2ccccc2-c2ccccc21. The van der Waals surface area contributed by atoms with Gasteiger partial charge in [-0.2, -0.15) is 11.8 Å². The summed E-state index contributed by atoms with van der Waals surface area (Å²) in [6.07, 6.45) is 2.30. The number of thioether (sulfide) groups is 1. The van der Waals surface area contributed by atoms with Crippen LogP contribution < -0.4 is 5.32 Å². The van der Waals surface area contributed by atoms with Crippen molar-refractivity contribution in [3.05, 3.63) is 77.5 Å². The summed E-state index contributed by atoms with van der Waals surface area (Å²) >= 11 is 1.49. The maximum absolute atomic E-state index is 12.8. The second-order valence-corrected chi connectivity index (χ2v) is 8.90. The van der Waals surface area contributed by atoms with E-state index in [1.807, 2.05) is 42.7 Å². The number of hydrogen-bond donors (Lipinski definition) is 2. The molecule has 0 saturated carbocycles. The third-order valence-electron chi connectivity index (χ3n) is 5.76. The standard InChI is InChI=1S/C25H25N3O6S/c1-35-11-10-28(13-22(29)30)24(31)23-21(34-15-27-23)12-26-25(32)33-14-20-18-8-4-2-6-16(18)17-7-3-5-9-19(17)20/h2-9,15,20H,10-14H2,1H3,(H,26,32)(H,29,30). The van der Waals surface area contributed by atoms with E-state index >= 15 is 0 Å². The molecule has 1 aliphatic rings. The summed E-state index contributed by atoms with van der Waals surface area (Å²) in [6, 6.07) is 16.1. The van der Waals surface area contributed by atoms with Crippen molar-refractivity contribution in [3.63, 3.8) is 0 Å². The number of carbonyl (C=O) groups is 3. The molecule has 3 aromatic rings. The minimum atomic E-state index is -1.12. The molecule has 2 N–H and O–H groups in total. The molecule has 10 heteroatoms. The summed E-state index contributed by atoms with van der Waals surface area (Å²) in [7, 11) is 0. The number of aromatic nitrogens is 1. The Bertz CT molecular complexity index is 1180. The molecule has 1 aromatic heterocycles. The van der Waals surface area contributed by atoms with Crippen LogP contribution in [0.1, 0.15) is 33.3 Å². The predicted molar refractivity (Wildman–Crippen MR) is 130 cm³/mol. The van der Waals surface area contributed by atoms with Crippen molar-refractivity contribution >= 4 is 29.7 Å². The summed E-state index contributed by atoms with van der Waals surface area (Å²) in [5, 5.41) is 11.7. The summed E-state index contributed by atoms with van der Waals surface area (Å²) in [6.45, 7) is -0.172. The quantitative estimate of drug-likeness (QED) is 0.438. The van der Waals surface area contributed by atoms with Crippen LogP contribution in [0.2, 0.25) is 0 Å². The number of carbonyl (C=O) groups excluding carboxylic acids is 2. The number of alkyl carbamates (subject to hydrolysis) is 1. The number of nitrogens with one attached hydrogen (secondary N) is 1. The van der Waals surface area contributed by atoms with Crippen molar-refractivity contribution in [2.45, 2.75) is 12.5 Å². The molecule has 1 heterocycles. The van der Waals surface area contributed by atoms with Gasteiger partial charge in [-0.15, -0.1) is 0 Å². The number of aliphatic carboxylic acids is 1. The smallest absolute Gasteiger partial charge is 0.407 e. The van der Waals surface area contributed by atoms with Crippen LogP contribution in [0.15, 0.2) is 59.3 Å². The molecule has 2 amide bonds. The summed E-state index contributed by atoms with van der Waals surface area (Å²) in [5.74, 6) is -1.06. The number of hydrogen-bond acceptors (Lipinski definition) is 7. The molecule has 0 spiro atoms. The van der Waals surface area contributed by atoms with Crippen molar-refractivity contribution < 1.29 is 28.6 Å². The molecular formula is C25H25N3O6S. The number of carboxylic acids is 1. The monoisotopic (exact) mass is 495 g/mol. The van der Waals surface area contributed by atoms with E-state index < -0.39 is 24.5 Å². The van der Waals surface area contributed by atoms with Gasteiger partial charge in [0.2, 0.25) is 0 Å². The number of ether oxygens (including phenoxy) is 1. The highest BCUT2D eigenvalue weighted by molar-refractivity contribution is 7.98. The highest BCUT2D eigenvalue weighted by Gasteiger charge is 2.29. The number of oxazole rings is 1. The zero-order chi connectivity index (χ0) is 24.8. The van der Waals surface area contributed by atoms with Crippen LogP contribution in [0.25, 0.3) is 11.1 Å². The van der Waals surface area contributed by atoms with E-state index in [0.29, 0.717) is 5.75 Å². The van der Waals surface area contributed by atoms with Gasteiger partial charge in [-0.25, -0.2) is 9.78 Å². The topological polar surface area (TPSA) is 122 Å². The Balaban J connectivity index is 1.37. The van der Waals surface area contributed by atoms with Crippen LogP contribution in [-0.2, 0) is 16.1 Å². The van der Waals surface area contributed by atoms with Gasteiger partial charge >= 0.3 is 12.1 Å². The molecule has 182 valence electrons. The molecule has 35 heavy (non-hydrogen) atoms. The van der Waals surface area contributed by atoms with Crippen molar-refractivity contribution in [1.29, 1.82) is 0 Å². The third-order valence-corrected chi connectivity index (χ3v) is 6.35. The normalized spacial score (nSPS) is 12.0. The average Bonchev–Trinajstić information content (AvgIpc) is 3.46. The molecule has 1 aliphatic carbocycles. The zero-order valence-corrected chi connectivity index (χ0v) is 19.9. The van der Waals surface area contributed by atoms with Crippen molar-refractivity contribution in [3.8, 4) is 11.1 Å². The average molecular weight is 496 g/mol. The second kappa shape index (κ2) is 11.1. The first-order valence-electron chi connectivity index (χ1n) is 11.0. The number of nitrogens with zero attached hydrogens (tertiary/aromatic N) is 2. The van der Waals surface area contributed by atoms with Gasteiger partial charge in [0.1, 0.15) is 13.2 Å². The Kier molecular flexibility index (Phi) is 7.71. The number of benzene rings is 2. The molecule has 0 bridgehead atoms. The maximum Gasteiger partial charge on any atom is 0.407 e. The lowest BCUT2D eigenvalue weighted by atomic mass is 9.98. The Hall–Kier alpha value is -3.79. The van der Waals surface area contributed by atoms with E-state index in [9.17, 15) is 14.4 Å². The van der Waals surface area contributed by atoms with Crippen molar-refractivity contribution in [2.24, 2.45) is 0 Å². The van der Waals surface area contributed by atoms with E-state index in [0.717, 1.165) is 28.6 Å². The largest absolute Gasteiger partial charge is 0.480 e. The highest BCUT2D eigenvalue weighted by Crippen LogP contribution is 2.44. The van der Waals surface area contributed by atoms with Crippen LogP contribution in [0.3, 0.4) is 0 Å². The number of fused-ring (bicyclic) bond motifs is 3. The van der Waals surface area contributed by atoms with Gasteiger partial charge in [0.05, 0.1) is 6.54 Å². The van der Waals surface area contributed by atoms with Gasteiger partial charge in [0, 0.05) is 18.2 Å². The highest BCUT2D eigenvalue weighted by atomic mass is 32.2. The van der Waals surface area contributed by atoms with Crippen LogP contribution in [0.4, 0.5) is 4.79 Å². The van der Waals surface area contributed by atoms with Gasteiger partial charge in [0.15, 0.2) is 17.8 Å². The van der Waals surface area contributed by atoms with E-state index in [1.54, 1.807) is 0 Å². The third kappa shape index (κ3) is 5.48. The molecule has 0 saturated heterocycles. The second-order valence-electron chi connectivity index (χ2n) is 7.92. The first kappa shape index (κ1) is 24.3. The van der Waals surface area contributed by atoms with E-state index in [-0.39, 0.29) is 37.1 Å². The molecule has 9 nitrogen and oxygen atoms in total. The fourth-order valence-corrected chi connectivity index (χ4v) is 4.54. The Morgan fingerprint density at radius 1 is 1.11 bits per heavy atom. The van der Waals surface area contributed by atoms with Crippen LogP contribution >= 0.6 is 11.8 Å². The van der Waals surface area contributed by atoms with E-state index in [2.05, 4.69) is 22.4 Å². The zero-order valence-electron chi connectivity index (χ0n) is 19.1. The summed E-state index contributed by atoms with van der Waals surface area (Å²) < 4.78 is 10.8. The summed E-state index contributed by atoms with van der Waals surface area (Å²) in [4.78, 5) is 41.6. The van der Waals surface area contributed by atoms with Gasteiger partial charge in [0.25, 0.3) is 5.91 Å². The molecule has 2 aromatic carbocycles. The fourth-order valence-electron chi connectivity index (χ4n) is 4.14. The minimum Gasteiger partial charge on any atom is -0.480 e. The first-order valence-corrected chi connectivity index (χ1v) is 12.4. The molecule has 0 unspecified atom stereocenters. The van der Waals surface area contributed by atoms with Gasteiger partial charge in [-0.1, -0.05) is 48.5 Å². The van der Waals surface area contributed by atoms with E-state index in [4.69, 9.17) is 14.3 Å². The molecule has 0 atom stereocenters. The number of rotatable bonds is 10. The first-order chi connectivity index (χ1) is 17.0. The molecule has 0 radical (unpaired) electrons. The van der Waals surface area contributed by atoms with Crippen molar-refractivity contribution in [2.75, 3.05) is 31.7 Å². The lowest BCUT2D eigenvalue weighted by Crippen LogP contribution is -2.38. The van der Waals surface area contributed by atoms with Crippen LogP contribution in [0, 0.1) is 0 Å². The van der Waals surface area contributed by atoms with Gasteiger partial charge in [-0.3, -0.25) is 9.59 Å². The molecule has 0 fully saturated rings. The molecular weight excluding hydrogens is 470 g/mol. The van der Waals surface area contributed by atoms with Crippen LogP contribution in [-0.4, -0.2) is 64.7 Å². The predicted octanol–water partition coefficient (Wildman–Crippen LogP) is 3.60. The van der Waals surface area contributed by atoms with Crippen LogP contribution in [0.5, 0.6) is 0 Å². The van der Waals surface area contributed by atoms with Crippen molar-refractivity contribution in [1.82, 2.24) is 15.2 Å². The minimum absolute atomic E-state index is 0.0358. The van der Waals surface area contributed by atoms with E-state index in [1.165, 1.54) is 16.7 Å². The maximum atomic E-state index is 12.8. The number of amides is 2. The lowest BCUT2D eigenvalue weighted by Gasteiger charge is -2.19. The fraction of sp³-hybridized carbons (Fsp3) is 0.280. The number of carboxylic acid groups (broad SMARTS) is 1. The lowest BCUT2D eigenvalue weighted by molar-refractivity contribution is -0.137. The Morgan fingerprint density at radius 3 is 2.40 bits per heavy atom. The van der Waals surface area contributed by atoms with Gasteiger partial charge in [-0.05, 0) is 28.5 Å². The van der Waals surface area contributed by atoms with Gasteiger partial charge < -0.3 is 24.5 Å². The Morgan fingerprint density at radius 2 is 1.77 bits per heavy atom. The molecule has 4 rings (SSSR count). The summed E-state index contributed by atoms with van der Waals surface area (Å²) in [5.41, 5.74) is 4.44. The Labute approximate surface area is 206 Å².